The summed E-state index contributed by atoms with van der Waals surface area (Å²) in [5, 5.41) is 20.8. The number of ether oxygens (including phenoxy) is 2. The number of aromatic carboxylic acids is 2. The van der Waals surface area contributed by atoms with Crippen molar-refractivity contribution in [1.29, 1.82) is 0 Å². The van der Waals surface area contributed by atoms with Crippen LogP contribution in [0.3, 0.4) is 0 Å². The monoisotopic (exact) mass is 365 g/mol. The van der Waals surface area contributed by atoms with Crippen LogP contribution >= 0.6 is 0 Å². The molecular weight excluding hydrogens is 352 g/mol. The molecule has 7 heteroatoms. The number of hydrogen-bond acceptors (Lipinski definition) is 6. The Morgan fingerprint density at radius 2 is 1.04 bits per heavy atom. The maximum Gasteiger partial charge on any atom is 2.00 e. The number of para-hydroxylation sites is 2. The molecule has 0 aromatic heterocycles. The van der Waals surface area contributed by atoms with E-state index in [0.717, 1.165) is 0 Å². The van der Waals surface area contributed by atoms with Crippen molar-refractivity contribution in [2.24, 2.45) is 0 Å². The molecule has 1 radical (unpaired) electrons. The quantitative estimate of drug-likeness (QED) is 0.713. The number of carbonyl (C=O) groups is 2. The normalized spacial score (nSPS) is 8.78. The van der Waals surface area contributed by atoms with E-state index in [-0.39, 0.29) is 28.2 Å². The van der Waals surface area contributed by atoms with Gasteiger partial charge in [-0.1, -0.05) is 24.3 Å². The van der Waals surface area contributed by atoms with Gasteiger partial charge < -0.3 is 29.3 Å². The Kier molecular flexibility index (Phi) is 9.15. The topological polar surface area (TPSA) is 98.7 Å². The number of carbonyl (C=O) groups excluding carboxylic acids is 2. The third-order valence-corrected chi connectivity index (χ3v) is 2.65. The molecule has 2 aromatic carbocycles. The van der Waals surface area contributed by atoms with Crippen molar-refractivity contribution >= 4 is 11.9 Å². The van der Waals surface area contributed by atoms with E-state index in [4.69, 9.17) is 9.47 Å². The van der Waals surface area contributed by atoms with Crippen LogP contribution < -0.4 is 19.7 Å². The van der Waals surface area contributed by atoms with Crippen molar-refractivity contribution in [3.05, 3.63) is 59.7 Å². The average molecular weight is 366 g/mol. The Morgan fingerprint density at radius 3 is 1.26 bits per heavy atom. The minimum atomic E-state index is -1.22. The molecule has 0 aliphatic carbocycles. The molecule has 0 bridgehead atoms. The molecule has 2 aromatic rings. The van der Waals surface area contributed by atoms with Crippen LogP contribution in [-0.4, -0.2) is 26.2 Å². The Hall–Kier alpha value is -2.50. The molecule has 0 spiro atoms. The minimum Gasteiger partial charge on any atom is -0.545 e. The number of rotatable bonds is 4. The van der Waals surface area contributed by atoms with Crippen molar-refractivity contribution in [3.8, 4) is 11.5 Å². The Morgan fingerprint density at radius 1 is 0.739 bits per heavy atom. The van der Waals surface area contributed by atoms with Crippen molar-refractivity contribution in [3.63, 3.8) is 0 Å². The summed E-state index contributed by atoms with van der Waals surface area (Å²) in [5.74, 6) is -1.79. The standard InChI is InChI=1S/2C8H8O3.Cu/c2*1-11-7-5-3-2-4-6(7)8(9)10;/h2*2-5H,1H3,(H,9,10);/q;;+2/p-2. The molecule has 0 fully saturated rings. The summed E-state index contributed by atoms with van der Waals surface area (Å²) >= 11 is 0. The molecule has 23 heavy (non-hydrogen) atoms. The Balaban J connectivity index is 0.000000403. The first-order chi connectivity index (χ1) is 10.5. The summed E-state index contributed by atoms with van der Waals surface area (Å²) in [7, 11) is 2.84. The van der Waals surface area contributed by atoms with Gasteiger partial charge in [0.15, 0.2) is 0 Å². The van der Waals surface area contributed by atoms with Crippen LogP contribution in [0.1, 0.15) is 20.7 Å². The van der Waals surface area contributed by atoms with E-state index in [1.807, 2.05) is 0 Å². The molecule has 2 rings (SSSR count). The fraction of sp³-hybridized carbons (Fsp3) is 0.125. The summed E-state index contributed by atoms with van der Waals surface area (Å²) in [5.41, 5.74) is 0.157. The summed E-state index contributed by atoms with van der Waals surface area (Å²) < 4.78 is 9.57. The molecule has 0 atom stereocenters. The third-order valence-electron chi connectivity index (χ3n) is 2.65. The summed E-state index contributed by atoms with van der Waals surface area (Å²) in [6, 6.07) is 12.7. The number of carboxylic acids is 2. The van der Waals surface area contributed by atoms with Gasteiger partial charge in [0.1, 0.15) is 11.5 Å². The first-order valence-electron chi connectivity index (χ1n) is 6.20. The van der Waals surface area contributed by atoms with Crippen LogP contribution in [0, 0.1) is 0 Å². The Labute approximate surface area is 144 Å². The van der Waals surface area contributed by atoms with Gasteiger partial charge in [0.05, 0.1) is 26.2 Å². The van der Waals surface area contributed by atoms with E-state index in [9.17, 15) is 19.8 Å². The van der Waals surface area contributed by atoms with Gasteiger partial charge in [-0.3, -0.25) is 0 Å². The smallest absolute Gasteiger partial charge is 0.545 e. The third kappa shape index (κ3) is 6.02. The van der Waals surface area contributed by atoms with Crippen LogP contribution in [0.2, 0.25) is 0 Å². The van der Waals surface area contributed by atoms with Gasteiger partial charge in [0, 0.05) is 11.1 Å². The molecule has 0 N–H and O–H groups in total. The van der Waals surface area contributed by atoms with Gasteiger partial charge in [-0.25, -0.2) is 0 Å². The average Bonchev–Trinajstić information content (AvgIpc) is 2.55. The zero-order chi connectivity index (χ0) is 16.5. The second-order valence-corrected chi connectivity index (χ2v) is 3.98. The summed E-state index contributed by atoms with van der Waals surface area (Å²) in [6.45, 7) is 0. The predicted molar refractivity (Wildman–Crippen MR) is 74.6 cm³/mol. The maximum absolute atomic E-state index is 10.4. The number of hydrogen-bond donors (Lipinski definition) is 0. The van der Waals surface area contributed by atoms with E-state index >= 15 is 0 Å². The SMILES string of the molecule is COc1ccccc1C(=O)[O-].COc1ccccc1C(=O)[O-].[Cu+2]. The molecule has 125 valence electrons. The van der Waals surface area contributed by atoms with E-state index in [1.54, 1.807) is 36.4 Å². The first kappa shape index (κ1) is 20.5. The fourth-order valence-corrected chi connectivity index (χ4v) is 1.63. The van der Waals surface area contributed by atoms with Crippen LogP contribution in [0.25, 0.3) is 0 Å². The van der Waals surface area contributed by atoms with Gasteiger partial charge in [0.25, 0.3) is 0 Å². The fourth-order valence-electron chi connectivity index (χ4n) is 1.63. The predicted octanol–water partition coefficient (Wildman–Crippen LogP) is 0.115. The van der Waals surface area contributed by atoms with Gasteiger partial charge in [-0.05, 0) is 24.3 Å². The van der Waals surface area contributed by atoms with E-state index in [0.29, 0.717) is 11.5 Å². The van der Waals surface area contributed by atoms with Crippen molar-refractivity contribution in [2.75, 3.05) is 14.2 Å². The van der Waals surface area contributed by atoms with E-state index in [1.165, 1.54) is 26.4 Å². The van der Waals surface area contributed by atoms with Crippen LogP contribution in [0.4, 0.5) is 0 Å². The van der Waals surface area contributed by atoms with Crippen molar-refractivity contribution < 1.29 is 46.3 Å². The maximum atomic E-state index is 10.4. The molecule has 6 nitrogen and oxygen atoms in total. The molecule has 0 saturated heterocycles. The van der Waals surface area contributed by atoms with Crippen LogP contribution in [0.15, 0.2) is 48.5 Å². The van der Waals surface area contributed by atoms with E-state index in [2.05, 4.69) is 0 Å². The van der Waals surface area contributed by atoms with Crippen LogP contribution in [-0.2, 0) is 17.1 Å². The number of carboxylic acid groups (broad SMARTS) is 2. The van der Waals surface area contributed by atoms with Crippen LogP contribution in [0.5, 0.6) is 11.5 Å². The summed E-state index contributed by atoms with van der Waals surface area (Å²) in [4.78, 5) is 20.8. The largest absolute Gasteiger partial charge is 2.00 e. The second-order valence-electron chi connectivity index (χ2n) is 3.98. The van der Waals surface area contributed by atoms with Crippen molar-refractivity contribution in [2.45, 2.75) is 0 Å². The van der Waals surface area contributed by atoms with Gasteiger partial charge in [-0.15, -0.1) is 0 Å². The molecular formula is C16H14CuO6. The molecule has 0 unspecified atom stereocenters. The van der Waals surface area contributed by atoms with Crippen molar-refractivity contribution in [1.82, 2.24) is 0 Å². The molecule has 0 aliphatic heterocycles. The zero-order valence-electron chi connectivity index (χ0n) is 12.4. The molecule has 0 aliphatic rings. The minimum absolute atomic E-state index is 0. The second kappa shape index (κ2) is 10.3. The zero-order valence-corrected chi connectivity index (χ0v) is 13.3. The van der Waals surface area contributed by atoms with Gasteiger partial charge in [-0.2, -0.15) is 0 Å². The molecule has 0 heterocycles. The number of benzene rings is 2. The van der Waals surface area contributed by atoms with Gasteiger partial charge in [0.2, 0.25) is 0 Å². The van der Waals surface area contributed by atoms with E-state index < -0.39 is 11.9 Å². The summed E-state index contributed by atoms with van der Waals surface area (Å²) in [6.07, 6.45) is 0. The first-order valence-corrected chi connectivity index (χ1v) is 6.20. The molecule has 0 saturated carbocycles. The Bertz CT molecular complexity index is 599. The molecule has 0 amide bonds. The van der Waals surface area contributed by atoms with Gasteiger partial charge >= 0.3 is 17.1 Å². The number of methoxy groups -OCH3 is 2.